The molecule has 0 aliphatic carbocycles. The van der Waals surface area contributed by atoms with Crippen LogP contribution in [-0.4, -0.2) is 65.6 Å². The van der Waals surface area contributed by atoms with E-state index in [9.17, 15) is 13.2 Å². The van der Waals surface area contributed by atoms with E-state index in [0.29, 0.717) is 25.3 Å². The van der Waals surface area contributed by atoms with Gasteiger partial charge in [-0.05, 0) is 31.4 Å². The Bertz CT molecular complexity index is 904. The van der Waals surface area contributed by atoms with Crippen molar-refractivity contribution in [2.45, 2.75) is 31.4 Å². The number of hydrogen-bond donors (Lipinski definition) is 0. The van der Waals surface area contributed by atoms with Crippen LogP contribution in [0.15, 0.2) is 42.9 Å². The van der Waals surface area contributed by atoms with Gasteiger partial charge >= 0.3 is 0 Å². The van der Waals surface area contributed by atoms with Crippen molar-refractivity contribution in [3.63, 3.8) is 0 Å². The summed E-state index contributed by atoms with van der Waals surface area (Å²) in [7, 11) is -3.10. The number of aromatic nitrogens is 2. The topological polar surface area (TPSA) is 81.5 Å². The minimum Gasteiger partial charge on any atom is -0.376 e. The number of benzene rings is 1. The molecular weight excluding hydrogens is 366 g/mol. The van der Waals surface area contributed by atoms with Gasteiger partial charge in [0.25, 0.3) is 5.91 Å². The highest BCUT2D eigenvalue weighted by molar-refractivity contribution is 7.91. The van der Waals surface area contributed by atoms with Crippen molar-refractivity contribution in [2.24, 2.45) is 0 Å². The minimum absolute atomic E-state index is 0.0188. The highest BCUT2D eigenvalue weighted by Gasteiger charge is 2.37. The van der Waals surface area contributed by atoms with Crippen molar-refractivity contribution in [1.82, 2.24) is 14.5 Å². The number of hydrogen-bond acceptors (Lipinski definition) is 5. The Morgan fingerprint density at radius 2 is 2.07 bits per heavy atom. The zero-order chi connectivity index (χ0) is 18.9. The third-order valence-corrected chi connectivity index (χ3v) is 6.98. The van der Waals surface area contributed by atoms with Crippen LogP contribution in [0.3, 0.4) is 0 Å². The van der Waals surface area contributed by atoms with Gasteiger partial charge in [0.05, 0.1) is 30.1 Å². The Labute approximate surface area is 158 Å². The first-order valence-corrected chi connectivity index (χ1v) is 11.1. The summed E-state index contributed by atoms with van der Waals surface area (Å²) in [6, 6.07) is 9.21. The molecule has 7 nitrogen and oxygen atoms in total. The van der Waals surface area contributed by atoms with Crippen molar-refractivity contribution >= 4 is 15.7 Å². The maximum atomic E-state index is 13.4. The van der Waals surface area contributed by atoms with E-state index in [1.54, 1.807) is 22.0 Å². The molecule has 4 rings (SSSR count). The van der Waals surface area contributed by atoms with Crippen LogP contribution >= 0.6 is 0 Å². The van der Waals surface area contributed by atoms with E-state index in [0.717, 1.165) is 18.5 Å². The lowest BCUT2D eigenvalue weighted by Gasteiger charge is -2.30. The van der Waals surface area contributed by atoms with Crippen LogP contribution in [0.2, 0.25) is 0 Å². The molecule has 0 N–H and O–H groups in total. The van der Waals surface area contributed by atoms with Crippen molar-refractivity contribution in [2.75, 3.05) is 24.7 Å². The Morgan fingerprint density at radius 3 is 2.74 bits per heavy atom. The van der Waals surface area contributed by atoms with E-state index >= 15 is 0 Å². The van der Waals surface area contributed by atoms with Crippen LogP contribution < -0.4 is 0 Å². The highest BCUT2D eigenvalue weighted by Crippen LogP contribution is 2.24. The summed E-state index contributed by atoms with van der Waals surface area (Å²) >= 11 is 0. The number of sulfone groups is 1. The number of para-hydroxylation sites is 1. The van der Waals surface area contributed by atoms with Crippen molar-refractivity contribution in [1.29, 1.82) is 0 Å². The molecule has 0 saturated carbocycles. The Morgan fingerprint density at radius 1 is 1.26 bits per heavy atom. The quantitative estimate of drug-likeness (QED) is 0.777. The van der Waals surface area contributed by atoms with Crippen LogP contribution in [0.5, 0.6) is 0 Å². The van der Waals surface area contributed by atoms with Crippen LogP contribution in [0.4, 0.5) is 0 Å². The molecule has 0 spiro atoms. The molecule has 2 atom stereocenters. The highest BCUT2D eigenvalue weighted by atomic mass is 32.2. The number of nitrogens with zero attached hydrogens (tertiary/aromatic N) is 3. The Hall–Kier alpha value is -2.19. The maximum Gasteiger partial charge on any atom is 0.272 e. The molecule has 1 amide bonds. The molecule has 0 bridgehead atoms. The Balaban J connectivity index is 1.64. The number of carbonyl (C=O) groups is 1. The van der Waals surface area contributed by atoms with Gasteiger partial charge in [-0.3, -0.25) is 9.36 Å². The predicted octanol–water partition coefficient (Wildman–Crippen LogP) is 1.68. The van der Waals surface area contributed by atoms with Crippen LogP contribution in [0.25, 0.3) is 5.69 Å². The number of amides is 1. The number of carbonyl (C=O) groups excluding carboxylic acids is 1. The monoisotopic (exact) mass is 389 g/mol. The standard InChI is InChI=1S/C19H23N3O4S/c23-19(18-11-20-14-22(18)15-5-2-1-3-6-15)21(12-17-7-4-9-26-17)16-8-10-27(24,25)13-16/h1-3,5-6,11,14,16-17H,4,7-10,12-13H2/t16-,17-/m1/s1. The zero-order valence-electron chi connectivity index (χ0n) is 15.0. The summed E-state index contributed by atoms with van der Waals surface area (Å²) in [5, 5.41) is 0. The van der Waals surface area contributed by atoms with Crippen LogP contribution in [0, 0.1) is 0 Å². The molecule has 0 radical (unpaired) electrons. The summed E-state index contributed by atoms with van der Waals surface area (Å²) in [5.74, 6) is -0.0514. The summed E-state index contributed by atoms with van der Waals surface area (Å²) in [5.41, 5.74) is 1.28. The normalized spacial score (nSPS) is 24.1. The lowest BCUT2D eigenvalue weighted by molar-refractivity contribution is 0.0435. The third kappa shape index (κ3) is 3.91. The van der Waals surface area contributed by atoms with E-state index in [1.807, 2.05) is 30.3 Å². The zero-order valence-corrected chi connectivity index (χ0v) is 15.8. The molecular formula is C19H23N3O4S. The first kappa shape index (κ1) is 18.2. The van der Waals surface area contributed by atoms with E-state index in [-0.39, 0.29) is 29.6 Å². The van der Waals surface area contributed by atoms with Gasteiger partial charge in [-0.1, -0.05) is 18.2 Å². The smallest absolute Gasteiger partial charge is 0.272 e. The fraction of sp³-hybridized carbons (Fsp3) is 0.474. The van der Waals surface area contributed by atoms with Crippen LogP contribution in [-0.2, 0) is 14.6 Å². The molecule has 2 aliphatic rings. The molecule has 0 unspecified atom stereocenters. The van der Waals surface area contributed by atoms with Gasteiger partial charge in [0.15, 0.2) is 9.84 Å². The summed E-state index contributed by atoms with van der Waals surface area (Å²) < 4.78 is 31.4. The molecule has 1 aromatic carbocycles. The minimum atomic E-state index is -3.10. The molecule has 1 aromatic heterocycles. The summed E-state index contributed by atoms with van der Waals surface area (Å²) in [6.45, 7) is 1.11. The third-order valence-electron chi connectivity index (χ3n) is 5.23. The van der Waals surface area contributed by atoms with Crippen molar-refractivity contribution in [3.05, 3.63) is 48.5 Å². The van der Waals surface area contributed by atoms with Crippen molar-refractivity contribution < 1.29 is 17.9 Å². The first-order chi connectivity index (χ1) is 13.0. The second-order valence-electron chi connectivity index (χ2n) is 7.13. The Kier molecular flexibility index (Phi) is 5.01. The fourth-order valence-corrected chi connectivity index (χ4v) is 5.55. The first-order valence-electron chi connectivity index (χ1n) is 9.24. The van der Waals surface area contributed by atoms with Crippen LogP contribution in [0.1, 0.15) is 29.8 Å². The summed E-state index contributed by atoms with van der Waals surface area (Å²) in [4.78, 5) is 19.2. The van der Waals surface area contributed by atoms with Gasteiger partial charge in [0.1, 0.15) is 5.69 Å². The molecule has 2 saturated heterocycles. The summed E-state index contributed by atoms with van der Waals surface area (Å²) in [6.07, 6.45) is 5.45. The second kappa shape index (κ2) is 7.44. The van der Waals surface area contributed by atoms with E-state index in [1.165, 1.54) is 0 Å². The van der Waals surface area contributed by atoms with Gasteiger partial charge in [-0.15, -0.1) is 0 Å². The van der Waals surface area contributed by atoms with E-state index in [4.69, 9.17) is 4.74 Å². The molecule has 2 aliphatic heterocycles. The molecule has 27 heavy (non-hydrogen) atoms. The number of imidazole rings is 1. The average molecular weight is 389 g/mol. The molecule has 2 fully saturated rings. The molecule has 2 aromatic rings. The molecule has 8 heteroatoms. The van der Waals surface area contributed by atoms with Gasteiger partial charge in [0, 0.05) is 24.9 Å². The maximum absolute atomic E-state index is 13.4. The fourth-order valence-electron chi connectivity index (χ4n) is 3.82. The van der Waals surface area contributed by atoms with E-state index in [2.05, 4.69) is 4.98 Å². The number of ether oxygens (including phenoxy) is 1. The number of rotatable bonds is 5. The molecule has 144 valence electrons. The van der Waals surface area contributed by atoms with E-state index < -0.39 is 9.84 Å². The van der Waals surface area contributed by atoms with Crippen molar-refractivity contribution in [3.8, 4) is 5.69 Å². The SMILES string of the molecule is O=C(c1cncn1-c1ccccc1)N(C[C@H]1CCCO1)[C@@H]1CCS(=O)(=O)C1. The largest absolute Gasteiger partial charge is 0.376 e. The average Bonchev–Trinajstić information content (AvgIpc) is 3.40. The van der Waals surface area contributed by atoms with Gasteiger partial charge in [0.2, 0.25) is 0 Å². The predicted molar refractivity (Wildman–Crippen MR) is 101 cm³/mol. The lowest BCUT2D eigenvalue weighted by atomic mass is 10.1. The van der Waals surface area contributed by atoms with Gasteiger partial charge in [-0.25, -0.2) is 13.4 Å². The van der Waals surface area contributed by atoms with Gasteiger partial charge in [-0.2, -0.15) is 0 Å². The lowest BCUT2D eigenvalue weighted by Crippen LogP contribution is -2.45. The van der Waals surface area contributed by atoms with Gasteiger partial charge < -0.3 is 9.64 Å². The molecule has 3 heterocycles. The second-order valence-corrected chi connectivity index (χ2v) is 9.36.